The highest BCUT2D eigenvalue weighted by Gasteiger charge is 2.16. The maximum absolute atomic E-state index is 5.10. The van der Waals surface area contributed by atoms with Crippen molar-refractivity contribution >= 4 is 28.1 Å². The number of hydrogen-bond acceptors (Lipinski definition) is 3. The number of aromatic nitrogens is 2. The Labute approximate surface area is 275 Å². The van der Waals surface area contributed by atoms with Crippen LogP contribution in [-0.2, 0) is 0 Å². The van der Waals surface area contributed by atoms with Crippen molar-refractivity contribution < 1.29 is 0 Å². The van der Waals surface area contributed by atoms with Gasteiger partial charge < -0.3 is 4.90 Å². The summed E-state index contributed by atoms with van der Waals surface area (Å²) < 4.78 is 0. The minimum absolute atomic E-state index is 0.870. The fourth-order valence-electron chi connectivity index (χ4n) is 6.19. The lowest BCUT2D eigenvalue weighted by molar-refractivity contribution is 1.27. The zero-order valence-corrected chi connectivity index (χ0v) is 25.7. The number of nitrogens with zero attached hydrogens (tertiary/aromatic N) is 3. The third kappa shape index (κ3) is 5.67. The summed E-state index contributed by atoms with van der Waals surface area (Å²) in [6.07, 6.45) is 0. The van der Waals surface area contributed by atoms with Crippen LogP contribution in [0.25, 0.3) is 55.8 Å². The fourth-order valence-corrected chi connectivity index (χ4v) is 6.19. The normalized spacial score (nSPS) is 11.0. The molecule has 0 radical (unpaired) electrons. The molecule has 0 spiro atoms. The lowest BCUT2D eigenvalue weighted by atomic mass is 9.94. The van der Waals surface area contributed by atoms with Crippen molar-refractivity contribution in [2.45, 2.75) is 0 Å². The predicted molar refractivity (Wildman–Crippen MR) is 196 cm³/mol. The van der Waals surface area contributed by atoms with Gasteiger partial charge in [0.05, 0.1) is 22.4 Å². The van der Waals surface area contributed by atoms with Gasteiger partial charge in [0.15, 0.2) is 0 Å². The zero-order valence-electron chi connectivity index (χ0n) is 25.7. The Balaban J connectivity index is 1.18. The molecule has 0 aliphatic heterocycles. The molecule has 0 fully saturated rings. The van der Waals surface area contributed by atoms with Crippen LogP contribution in [0.5, 0.6) is 0 Å². The fraction of sp³-hybridized carbons (Fsp3) is 0. The van der Waals surface area contributed by atoms with Crippen molar-refractivity contribution in [2.24, 2.45) is 0 Å². The summed E-state index contributed by atoms with van der Waals surface area (Å²) in [4.78, 5) is 12.5. The van der Waals surface area contributed by atoms with E-state index in [2.05, 4.69) is 150 Å². The van der Waals surface area contributed by atoms with Gasteiger partial charge in [0, 0.05) is 28.2 Å². The highest BCUT2D eigenvalue weighted by Crippen LogP contribution is 2.39. The van der Waals surface area contributed by atoms with Gasteiger partial charge in [-0.25, -0.2) is 9.97 Å². The second-order valence-electron chi connectivity index (χ2n) is 11.5. The molecule has 0 atom stereocenters. The first-order chi connectivity index (χ1) is 23.3. The van der Waals surface area contributed by atoms with Gasteiger partial charge in [-0.2, -0.15) is 0 Å². The monoisotopic (exact) mass is 601 g/mol. The molecule has 3 heteroatoms. The summed E-state index contributed by atoms with van der Waals surface area (Å²) in [5.41, 5.74) is 13.6. The van der Waals surface area contributed by atoms with Crippen LogP contribution in [0.3, 0.4) is 0 Å². The van der Waals surface area contributed by atoms with E-state index in [1.165, 1.54) is 22.3 Å². The van der Waals surface area contributed by atoms with Crippen molar-refractivity contribution in [3.8, 4) is 44.8 Å². The highest BCUT2D eigenvalue weighted by atomic mass is 15.1. The van der Waals surface area contributed by atoms with Crippen LogP contribution < -0.4 is 4.90 Å². The Morgan fingerprint density at radius 2 is 0.617 bits per heavy atom. The molecule has 0 aliphatic rings. The molecule has 0 N–H and O–H groups in total. The summed E-state index contributed by atoms with van der Waals surface area (Å²) in [7, 11) is 0. The van der Waals surface area contributed by atoms with Crippen LogP contribution in [-0.4, -0.2) is 9.97 Å². The smallest absolute Gasteiger partial charge is 0.0973 e. The number of fused-ring (bicyclic) bond motifs is 1. The Morgan fingerprint density at radius 1 is 0.277 bits per heavy atom. The van der Waals surface area contributed by atoms with Crippen molar-refractivity contribution in [1.82, 2.24) is 9.97 Å². The van der Waals surface area contributed by atoms with Gasteiger partial charge in [-0.15, -0.1) is 0 Å². The van der Waals surface area contributed by atoms with E-state index in [9.17, 15) is 0 Å². The lowest BCUT2D eigenvalue weighted by Gasteiger charge is -2.26. The first-order valence-corrected chi connectivity index (χ1v) is 15.8. The molecule has 7 aromatic carbocycles. The molecule has 0 unspecified atom stereocenters. The second kappa shape index (κ2) is 12.6. The minimum atomic E-state index is 0.870. The molecular formula is C44H31N3. The Hall–Kier alpha value is -6.32. The summed E-state index contributed by atoms with van der Waals surface area (Å²) in [5, 5.41) is 0. The molecule has 8 aromatic rings. The molecular weight excluding hydrogens is 571 g/mol. The van der Waals surface area contributed by atoms with Crippen LogP contribution in [0, 0.1) is 0 Å². The highest BCUT2D eigenvalue weighted by molar-refractivity contribution is 5.88. The quantitative estimate of drug-likeness (QED) is 0.182. The van der Waals surface area contributed by atoms with Gasteiger partial charge in [0.25, 0.3) is 0 Å². The van der Waals surface area contributed by atoms with E-state index >= 15 is 0 Å². The van der Waals surface area contributed by atoms with Crippen LogP contribution in [0.15, 0.2) is 188 Å². The van der Waals surface area contributed by atoms with Gasteiger partial charge in [0.2, 0.25) is 0 Å². The topological polar surface area (TPSA) is 29.0 Å². The maximum Gasteiger partial charge on any atom is 0.0973 e. The third-order valence-electron chi connectivity index (χ3n) is 8.48. The van der Waals surface area contributed by atoms with Crippen LogP contribution in [0.1, 0.15) is 0 Å². The van der Waals surface area contributed by atoms with E-state index in [4.69, 9.17) is 9.97 Å². The number of para-hydroxylation sites is 3. The van der Waals surface area contributed by atoms with Crippen molar-refractivity contribution in [2.75, 3.05) is 4.90 Å². The first kappa shape index (κ1) is 28.2. The van der Waals surface area contributed by atoms with Crippen molar-refractivity contribution in [3.63, 3.8) is 0 Å². The molecule has 47 heavy (non-hydrogen) atoms. The lowest BCUT2D eigenvalue weighted by Crippen LogP contribution is -2.09. The standard InChI is InChI=1S/C44H31N3/c1-4-14-32(15-5-1)39-20-10-11-21-40(39)33-24-28-37(29-25-33)47(36-18-8-3-9-19-36)38-30-26-35(27-31-38)44-43(34-16-6-2-7-17-34)45-41-22-12-13-23-42(41)46-44/h1-31H. The first-order valence-electron chi connectivity index (χ1n) is 15.8. The third-order valence-corrected chi connectivity index (χ3v) is 8.48. The van der Waals surface area contributed by atoms with Gasteiger partial charge in [-0.1, -0.05) is 140 Å². The number of anilines is 3. The molecule has 0 aliphatic carbocycles. The Kier molecular flexibility index (Phi) is 7.54. The van der Waals surface area contributed by atoms with E-state index < -0.39 is 0 Å². The summed E-state index contributed by atoms with van der Waals surface area (Å²) in [6, 6.07) is 65.6. The minimum Gasteiger partial charge on any atom is -0.311 e. The Morgan fingerprint density at radius 3 is 1.13 bits per heavy atom. The number of benzene rings is 7. The maximum atomic E-state index is 5.10. The molecule has 0 bridgehead atoms. The van der Waals surface area contributed by atoms with Crippen molar-refractivity contribution in [3.05, 3.63) is 188 Å². The number of hydrogen-bond donors (Lipinski definition) is 0. The average molecular weight is 602 g/mol. The van der Waals surface area contributed by atoms with E-state index in [1.807, 2.05) is 42.5 Å². The molecule has 8 rings (SSSR count). The van der Waals surface area contributed by atoms with Gasteiger partial charge in [0.1, 0.15) is 0 Å². The average Bonchev–Trinajstić information content (AvgIpc) is 3.16. The summed E-state index contributed by atoms with van der Waals surface area (Å²) >= 11 is 0. The van der Waals surface area contributed by atoms with Gasteiger partial charge in [-0.05, 0) is 70.8 Å². The SMILES string of the molecule is c1ccc(-c2ccccc2-c2ccc(N(c3ccccc3)c3ccc(-c4nc5ccccc5nc4-c4ccccc4)cc3)cc2)cc1. The number of rotatable bonds is 7. The van der Waals surface area contributed by atoms with Crippen LogP contribution in [0.4, 0.5) is 17.1 Å². The molecule has 1 heterocycles. The molecule has 0 saturated heterocycles. The zero-order chi connectivity index (χ0) is 31.4. The van der Waals surface area contributed by atoms with Crippen LogP contribution in [0.2, 0.25) is 0 Å². The molecule has 0 amide bonds. The second-order valence-corrected chi connectivity index (χ2v) is 11.5. The molecule has 3 nitrogen and oxygen atoms in total. The van der Waals surface area contributed by atoms with Gasteiger partial charge >= 0.3 is 0 Å². The summed E-state index contributed by atoms with van der Waals surface area (Å²) in [6.45, 7) is 0. The van der Waals surface area contributed by atoms with E-state index in [-0.39, 0.29) is 0 Å². The Bertz CT molecular complexity index is 2260. The largest absolute Gasteiger partial charge is 0.311 e. The predicted octanol–water partition coefficient (Wildman–Crippen LogP) is 11.8. The molecule has 0 saturated carbocycles. The summed E-state index contributed by atoms with van der Waals surface area (Å²) in [5.74, 6) is 0. The van der Waals surface area contributed by atoms with Gasteiger partial charge in [-0.3, -0.25) is 0 Å². The van der Waals surface area contributed by atoms with E-state index in [0.29, 0.717) is 0 Å². The van der Waals surface area contributed by atoms with Crippen molar-refractivity contribution in [1.29, 1.82) is 0 Å². The van der Waals surface area contributed by atoms with Crippen LogP contribution >= 0.6 is 0 Å². The van der Waals surface area contributed by atoms with E-state index in [0.717, 1.165) is 50.6 Å². The molecule has 1 aromatic heterocycles. The molecule has 222 valence electrons. The van der Waals surface area contributed by atoms with E-state index in [1.54, 1.807) is 0 Å².